The fraction of sp³-hybridized carbons (Fsp3) is 0.333. The summed E-state index contributed by atoms with van der Waals surface area (Å²) in [5.74, 6) is -0.0424. The van der Waals surface area contributed by atoms with Crippen molar-refractivity contribution in [2.45, 2.75) is 43.0 Å². The van der Waals surface area contributed by atoms with Crippen LogP contribution in [0.15, 0.2) is 50.2 Å². The van der Waals surface area contributed by atoms with E-state index in [0.29, 0.717) is 0 Å². The van der Waals surface area contributed by atoms with E-state index in [9.17, 15) is 31.2 Å². The summed E-state index contributed by atoms with van der Waals surface area (Å²) in [6.07, 6.45) is -4.14. The molecule has 0 radical (unpaired) electrons. The summed E-state index contributed by atoms with van der Waals surface area (Å²) in [6, 6.07) is 4.80. The monoisotopic (exact) mass is 527 g/mol. The zero-order chi connectivity index (χ0) is 25.7. The molecule has 0 aliphatic heterocycles. The van der Waals surface area contributed by atoms with Gasteiger partial charge in [0.15, 0.2) is 0 Å². The number of H-pyrrole nitrogens is 1. The summed E-state index contributed by atoms with van der Waals surface area (Å²) in [7, 11) is -3.28. The lowest BCUT2D eigenvalue weighted by Gasteiger charge is -2.12. The first-order valence-corrected chi connectivity index (χ1v) is 12.6. The summed E-state index contributed by atoms with van der Waals surface area (Å²) >= 11 is 0.809. The Balaban J connectivity index is 2.12. The average Bonchev–Trinajstić information content (AvgIpc) is 3.44. The maximum Gasteiger partial charge on any atom is 0.416 e. The van der Waals surface area contributed by atoms with E-state index in [1.807, 2.05) is 13.8 Å². The molecule has 4 rings (SSSR count). The first kappa shape index (κ1) is 24.9. The topological polar surface area (TPSA) is 120 Å². The van der Waals surface area contributed by atoms with E-state index in [1.54, 1.807) is 0 Å². The average molecular weight is 528 g/mol. The minimum atomic E-state index is -4.67. The highest BCUT2D eigenvalue weighted by molar-refractivity contribution is 7.91. The Morgan fingerprint density at radius 1 is 1.17 bits per heavy atom. The number of rotatable bonds is 6. The fourth-order valence-corrected chi connectivity index (χ4v) is 6.93. The third-order valence-electron chi connectivity index (χ3n) is 5.33. The molecule has 0 fully saturated rings. The number of alkyl halides is 3. The highest BCUT2D eigenvalue weighted by Crippen LogP contribution is 2.39. The molecule has 0 saturated carbocycles. The smallest absolute Gasteiger partial charge is 0.284 e. The minimum Gasteiger partial charge on any atom is -0.284 e. The Bertz CT molecular complexity index is 1630. The van der Waals surface area contributed by atoms with Crippen LogP contribution in [0.5, 0.6) is 0 Å². The van der Waals surface area contributed by atoms with Crippen molar-refractivity contribution in [2.24, 2.45) is 13.0 Å². The summed E-state index contributed by atoms with van der Waals surface area (Å²) < 4.78 is 70.2. The minimum absolute atomic E-state index is 0.0201. The number of nitrogens with one attached hydrogen (secondary N) is 1. The van der Waals surface area contributed by atoms with Gasteiger partial charge in [0.2, 0.25) is 15.0 Å². The van der Waals surface area contributed by atoms with Gasteiger partial charge in [-0.25, -0.2) is 23.3 Å². The van der Waals surface area contributed by atoms with Crippen LogP contribution in [-0.2, 0) is 36.0 Å². The van der Waals surface area contributed by atoms with Crippen molar-refractivity contribution in [1.82, 2.24) is 24.3 Å². The standard InChI is InChI=1S/C21H20F3N5O4S2/c1-11(2)9-29-18-15(17(30)28(3)20(29)31)16(35(32,33)19-25-10-26-27-19)14(34-18)8-12-6-4-5-7-13(12)21(22,23)24/h4-7,10-11H,8-9H2,1-3H3,(H,25,26,27). The fourth-order valence-electron chi connectivity index (χ4n) is 3.82. The number of sulfone groups is 1. The van der Waals surface area contributed by atoms with Gasteiger partial charge < -0.3 is 0 Å². The van der Waals surface area contributed by atoms with Crippen molar-refractivity contribution in [1.29, 1.82) is 0 Å². The normalized spacial score (nSPS) is 12.7. The first-order valence-electron chi connectivity index (χ1n) is 10.3. The van der Waals surface area contributed by atoms with Crippen LogP contribution < -0.4 is 11.2 Å². The summed E-state index contributed by atoms with van der Waals surface area (Å²) in [6.45, 7) is 3.84. The lowest BCUT2D eigenvalue weighted by molar-refractivity contribution is -0.138. The Morgan fingerprint density at radius 2 is 1.86 bits per heavy atom. The summed E-state index contributed by atoms with van der Waals surface area (Å²) in [4.78, 5) is 29.3. The summed E-state index contributed by atoms with van der Waals surface area (Å²) in [5, 5.41) is 4.96. The van der Waals surface area contributed by atoms with Gasteiger partial charge in [0.25, 0.3) is 5.56 Å². The molecule has 9 nitrogen and oxygen atoms in total. The lowest BCUT2D eigenvalue weighted by Crippen LogP contribution is -2.38. The number of hydrogen-bond donors (Lipinski definition) is 1. The molecule has 0 aliphatic rings. The SMILES string of the molecule is CC(C)Cn1c(=O)n(C)c(=O)c2c(S(=O)(=O)c3ncn[nH]3)c(Cc3ccccc3C(F)(F)F)sc21. The van der Waals surface area contributed by atoms with Crippen LogP contribution >= 0.6 is 11.3 Å². The van der Waals surface area contributed by atoms with Crippen LogP contribution in [0.3, 0.4) is 0 Å². The van der Waals surface area contributed by atoms with E-state index in [4.69, 9.17) is 0 Å². The maximum atomic E-state index is 13.7. The molecule has 4 aromatic rings. The number of aromatic nitrogens is 5. The van der Waals surface area contributed by atoms with Crippen molar-refractivity contribution in [3.8, 4) is 0 Å². The molecule has 1 aromatic carbocycles. The van der Waals surface area contributed by atoms with Crippen LogP contribution in [0, 0.1) is 5.92 Å². The lowest BCUT2D eigenvalue weighted by atomic mass is 10.0. The largest absolute Gasteiger partial charge is 0.416 e. The van der Waals surface area contributed by atoms with Crippen LogP contribution in [0.2, 0.25) is 0 Å². The van der Waals surface area contributed by atoms with Gasteiger partial charge in [-0.2, -0.15) is 18.3 Å². The second kappa shape index (κ2) is 8.75. The highest BCUT2D eigenvalue weighted by atomic mass is 32.2. The van der Waals surface area contributed by atoms with Gasteiger partial charge in [-0.05, 0) is 17.5 Å². The van der Waals surface area contributed by atoms with Gasteiger partial charge in [-0.3, -0.25) is 13.9 Å². The second-order valence-corrected chi connectivity index (χ2v) is 11.2. The highest BCUT2D eigenvalue weighted by Gasteiger charge is 2.36. The number of aromatic amines is 1. The van der Waals surface area contributed by atoms with E-state index in [2.05, 4.69) is 15.2 Å². The Kier molecular flexibility index (Phi) is 6.21. The molecule has 0 aliphatic carbocycles. The third kappa shape index (κ3) is 4.31. The number of halogens is 3. The van der Waals surface area contributed by atoms with Crippen LogP contribution in [0.25, 0.3) is 10.2 Å². The van der Waals surface area contributed by atoms with Crippen LogP contribution in [-0.4, -0.2) is 32.7 Å². The predicted molar refractivity (Wildman–Crippen MR) is 122 cm³/mol. The molecule has 1 N–H and O–H groups in total. The van der Waals surface area contributed by atoms with Gasteiger partial charge in [0.1, 0.15) is 16.1 Å². The quantitative estimate of drug-likeness (QED) is 0.412. The summed E-state index contributed by atoms with van der Waals surface area (Å²) in [5.41, 5.74) is -2.61. The number of benzene rings is 1. The van der Waals surface area contributed by atoms with Crippen molar-refractivity contribution in [3.05, 3.63) is 67.4 Å². The molecule has 0 bridgehead atoms. The first-order chi connectivity index (χ1) is 16.3. The number of thiophene rings is 1. The van der Waals surface area contributed by atoms with Gasteiger partial charge in [0.05, 0.1) is 10.9 Å². The zero-order valence-corrected chi connectivity index (χ0v) is 20.4. The molecule has 0 saturated heterocycles. The van der Waals surface area contributed by atoms with E-state index >= 15 is 0 Å². The van der Waals surface area contributed by atoms with Gasteiger partial charge in [-0.1, -0.05) is 32.0 Å². The number of nitrogens with zero attached hydrogens (tertiary/aromatic N) is 4. The molecule has 186 valence electrons. The van der Waals surface area contributed by atoms with Crippen molar-refractivity contribution in [2.75, 3.05) is 0 Å². The molecule has 35 heavy (non-hydrogen) atoms. The third-order valence-corrected chi connectivity index (χ3v) is 8.37. The van der Waals surface area contributed by atoms with Crippen molar-refractivity contribution >= 4 is 31.4 Å². The molecule has 3 aromatic heterocycles. The Labute approximate surface area is 200 Å². The second-order valence-electron chi connectivity index (χ2n) is 8.31. The van der Waals surface area contributed by atoms with Gasteiger partial charge >= 0.3 is 11.9 Å². The molecular weight excluding hydrogens is 507 g/mol. The van der Waals surface area contributed by atoms with E-state index in [-0.39, 0.29) is 33.1 Å². The van der Waals surface area contributed by atoms with Gasteiger partial charge in [-0.15, -0.1) is 11.3 Å². The van der Waals surface area contributed by atoms with Crippen molar-refractivity contribution in [3.63, 3.8) is 0 Å². The molecule has 0 unspecified atom stereocenters. The molecular formula is C21H20F3N5O4S2. The molecule has 0 spiro atoms. The Hall–Kier alpha value is -3.26. The predicted octanol–water partition coefficient (Wildman–Crippen LogP) is 2.98. The molecule has 3 heterocycles. The Morgan fingerprint density at radius 3 is 2.46 bits per heavy atom. The number of fused-ring (bicyclic) bond motifs is 1. The molecule has 0 atom stereocenters. The van der Waals surface area contributed by atoms with E-state index in [0.717, 1.165) is 28.3 Å². The van der Waals surface area contributed by atoms with Crippen LogP contribution in [0.1, 0.15) is 29.9 Å². The zero-order valence-electron chi connectivity index (χ0n) is 18.8. The van der Waals surface area contributed by atoms with E-state index in [1.165, 1.54) is 29.8 Å². The molecule has 14 heteroatoms. The van der Waals surface area contributed by atoms with Gasteiger partial charge in [0, 0.05) is 24.9 Å². The van der Waals surface area contributed by atoms with Crippen LogP contribution in [0.4, 0.5) is 13.2 Å². The molecule has 0 amide bonds. The maximum absolute atomic E-state index is 13.7. The van der Waals surface area contributed by atoms with E-state index < -0.39 is 49.3 Å². The number of hydrogen-bond acceptors (Lipinski definition) is 7. The van der Waals surface area contributed by atoms with Crippen molar-refractivity contribution < 1.29 is 21.6 Å².